The molecule has 1 saturated heterocycles. The van der Waals surface area contributed by atoms with Gasteiger partial charge >= 0.3 is 0 Å². The summed E-state index contributed by atoms with van der Waals surface area (Å²) in [7, 11) is 0. The zero-order valence-corrected chi connectivity index (χ0v) is 15.9. The van der Waals surface area contributed by atoms with Crippen LogP contribution in [0, 0.1) is 5.41 Å². The Hall–Kier alpha value is -1.36. The molecule has 4 nitrogen and oxygen atoms in total. The average Bonchev–Trinajstić information content (AvgIpc) is 2.92. The van der Waals surface area contributed by atoms with Crippen LogP contribution in [0.1, 0.15) is 73.7 Å². The molecule has 24 heavy (non-hydrogen) atoms. The molecule has 1 fully saturated rings. The topological polar surface area (TPSA) is 49.4 Å². The van der Waals surface area contributed by atoms with Gasteiger partial charge in [0.05, 0.1) is 5.56 Å². The molecule has 0 atom stereocenters. The van der Waals surface area contributed by atoms with Crippen molar-refractivity contribution in [2.45, 2.75) is 65.7 Å². The van der Waals surface area contributed by atoms with E-state index >= 15 is 0 Å². The number of thiophene rings is 1. The van der Waals surface area contributed by atoms with Crippen LogP contribution in [-0.4, -0.2) is 29.8 Å². The first-order valence-corrected chi connectivity index (χ1v) is 9.95. The second-order valence-corrected chi connectivity index (χ2v) is 9.08. The fourth-order valence-electron chi connectivity index (χ4n) is 3.43. The Kier molecular flexibility index (Phi) is 5.00. The summed E-state index contributed by atoms with van der Waals surface area (Å²) in [6.07, 6.45) is 7.69. The van der Waals surface area contributed by atoms with Gasteiger partial charge in [-0.05, 0) is 50.5 Å². The van der Waals surface area contributed by atoms with Gasteiger partial charge in [-0.1, -0.05) is 20.8 Å². The Morgan fingerprint density at radius 2 is 1.67 bits per heavy atom. The van der Waals surface area contributed by atoms with E-state index in [1.54, 1.807) is 11.3 Å². The van der Waals surface area contributed by atoms with Gasteiger partial charge in [0, 0.05) is 23.4 Å². The van der Waals surface area contributed by atoms with Gasteiger partial charge in [0.25, 0.3) is 5.91 Å². The maximum Gasteiger partial charge on any atom is 0.257 e. The van der Waals surface area contributed by atoms with Gasteiger partial charge in [-0.25, -0.2) is 0 Å². The van der Waals surface area contributed by atoms with E-state index in [4.69, 9.17) is 0 Å². The first-order valence-electron chi connectivity index (χ1n) is 9.13. The van der Waals surface area contributed by atoms with Crippen molar-refractivity contribution in [2.24, 2.45) is 5.41 Å². The smallest absolute Gasteiger partial charge is 0.257 e. The minimum Gasteiger partial charge on any atom is -0.339 e. The third-order valence-electron chi connectivity index (χ3n) is 4.94. The number of likely N-dealkylation sites (tertiary alicyclic amines) is 1. The summed E-state index contributed by atoms with van der Waals surface area (Å²) >= 11 is 1.62. The monoisotopic (exact) mass is 348 g/mol. The Balaban J connectivity index is 1.94. The van der Waals surface area contributed by atoms with Crippen LogP contribution in [0.2, 0.25) is 0 Å². The van der Waals surface area contributed by atoms with E-state index in [0.717, 1.165) is 55.8 Å². The molecule has 3 rings (SSSR count). The predicted octanol–water partition coefficient (Wildman–Crippen LogP) is 4.24. The van der Waals surface area contributed by atoms with Crippen molar-refractivity contribution in [1.82, 2.24) is 4.90 Å². The fraction of sp³-hybridized carbons (Fsp3) is 0.684. The molecule has 0 spiro atoms. The zero-order valence-electron chi connectivity index (χ0n) is 15.0. The van der Waals surface area contributed by atoms with Crippen LogP contribution in [0.15, 0.2) is 0 Å². The number of piperidine rings is 1. The number of anilines is 1. The fourth-order valence-corrected chi connectivity index (χ4v) is 4.70. The largest absolute Gasteiger partial charge is 0.339 e. The van der Waals surface area contributed by atoms with Crippen LogP contribution < -0.4 is 5.32 Å². The van der Waals surface area contributed by atoms with Crippen molar-refractivity contribution >= 4 is 28.2 Å². The lowest BCUT2D eigenvalue weighted by Crippen LogP contribution is -2.36. The quantitative estimate of drug-likeness (QED) is 0.869. The Morgan fingerprint density at radius 3 is 2.33 bits per heavy atom. The predicted molar refractivity (Wildman–Crippen MR) is 98.8 cm³/mol. The summed E-state index contributed by atoms with van der Waals surface area (Å²) in [6, 6.07) is 0. The Labute approximate surface area is 148 Å². The van der Waals surface area contributed by atoms with Crippen LogP contribution in [0.5, 0.6) is 0 Å². The summed E-state index contributed by atoms with van der Waals surface area (Å²) in [5.74, 6) is 0.104. The third kappa shape index (κ3) is 3.51. The van der Waals surface area contributed by atoms with Crippen molar-refractivity contribution in [2.75, 3.05) is 18.4 Å². The van der Waals surface area contributed by atoms with E-state index in [0.29, 0.717) is 0 Å². The van der Waals surface area contributed by atoms with E-state index in [9.17, 15) is 9.59 Å². The molecule has 2 aliphatic rings. The third-order valence-corrected chi connectivity index (χ3v) is 6.14. The summed E-state index contributed by atoms with van der Waals surface area (Å²) in [4.78, 5) is 28.9. The Morgan fingerprint density at radius 1 is 1.00 bits per heavy atom. The molecule has 5 heteroatoms. The molecule has 1 aliphatic carbocycles. The minimum absolute atomic E-state index is 0.0196. The number of rotatable bonds is 2. The van der Waals surface area contributed by atoms with Gasteiger partial charge in [0.2, 0.25) is 5.91 Å². The second-order valence-electron chi connectivity index (χ2n) is 7.97. The van der Waals surface area contributed by atoms with Gasteiger partial charge in [-0.3, -0.25) is 9.59 Å². The van der Waals surface area contributed by atoms with Crippen LogP contribution in [0.4, 0.5) is 5.00 Å². The highest BCUT2D eigenvalue weighted by atomic mass is 32.1. The molecule has 2 heterocycles. The molecule has 1 aromatic rings. The molecule has 0 radical (unpaired) electrons. The molecule has 0 unspecified atom stereocenters. The van der Waals surface area contributed by atoms with Crippen LogP contribution in [0.3, 0.4) is 0 Å². The maximum atomic E-state index is 13.2. The number of carbonyl (C=O) groups excluding carboxylic acids is 2. The summed E-state index contributed by atoms with van der Waals surface area (Å²) in [5, 5.41) is 3.84. The summed E-state index contributed by atoms with van der Waals surface area (Å²) < 4.78 is 0. The lowest BCUT2D eigenvalue weighted by molar-refractivity contribution is -0.123. The number of fused-ring (bicyclic) bond motifs is 1. The second kappa shape index (κ2) is 6.87. The van der Waals surface area contributed by atoms with E-state index in [2.05, 4.69) is 5.32 Å². The van der Waals surface area contributed by atoms with Gasteiger partial charge in [0.15, 0.2) is 0 Å². The number of nitrogens with zero attached hydrogens (tertiary/aromatic N) is 1. The standard InChI is InChI=1S/C19H28N2O2S/c1-19(2,3)18(23)20-16-15(13-9-5-6-10-14(13)24-16)17(22)21-11-7-4-8-12-21/h4-12H2,1-3H3,(H,20,23). The first-order chi connectivity index (χ1) is 11.4. The van der Waals surface area contributed by atoms with Crippen LogP contribution in [-0.2, 0) is 17.6 Å². The lowest BCUT2D eigenvalue weighted by Gasteiger charge is -2.28. The zero-order chi connectivity index (χ0) is 17.3. The molecular weight excluding hydrogens is 320 g/mol. The lowest BCUT2D eigenvalue weighted by atomic mass is 9.93. The van der Waals surface area contributed by atoms with E-state index in [1.165, 1.54) is 23.3 Å². The molecule has 0 aromatic carbocycles. The highest BCUT2D eigenvalue weighted by Crippen LogP contribution is 2.39. The molecule has 1 N–H and O–H groups in total. The minimum atomic E-state index is -0.462. The number of amides is 2. The van der Waals surface area contributed by atoms with E-state index < -0.39 is 5.41 Å². The SMILES string of the molecule is CC(C)(C)C(=O)Nc1sc2c(c1C(=O)N1CCCCC1)CCCC2. The van der Waals surface area contributed by atoms with E-state index in [-0.39, 0.29) is 11.8 Å². The van der Waals surface area contributed by atoms with Gasteiger partial charge in [-0.15, -0.1) is 11.3 Å². The highest BCUT2D eigenvalue weighted by molar-refractivity contribution is 7.17. The number of aryl methyl sites for hydroxylation is 1. The maximum absolute atomic E-state index is 13.2. The number of hydrogen-bond acceptors (Lipinski definition) is 3. The van der Waals surface area contributed by atoms with E-state index in [1.807, 2.05) is 25.7 Å². The van der Waals surface area contributed by atoms with Crippen LogP contribution in [0.25, 0.3) is 0 Å². The van der Waals surface area contributed by atoms with Gasteiger partial charge < -0.3 is 10.2 Å². The number of hydrogen-bond donors (Lipinski definition) is 1. The van der Waals surface area contributed by atoms with Crippen molar-refractivity contribution in [1.29, 1.82) is 0 Å². The molecule has 0 saturated carbocycles. The van der Waals surface area contributed by atoms with Gasteiger partial charge in [0.1, 0.15) is 5.00 Å². The molecule has 132 valence electrons. The molecular formula is C19H28N2O2S. The summed E-state index contributed by atoms with van der Waals surface area (Å²) in [6.45, 7) is 7.40. The first kappa shape index (κ1) is 17.5. The molecule has 0 bridgehead atoms. The Bertz CT molecular complexity index is 637. The van der Waals surface area contributed by atoms with Crippen LogP contribution >= 0.6 is 11.3 Å². The highest BCUT2D eigenvalue weighted by Gasteiger charge is 2.31. The molecule has 1 aliphatic heterocycles. The summed E-state index contributed by atoms with van der Waals surface area (Å²) in [5.41, 5.74) is 1.52. The van der Waals surface area contributed by atoms with Crippen molar-refractivity contribution in [3.8, 4) is 0 Å². The number of nitrogens with one attached hydrogen (secondary N) is 1. The molecule has 1 aromatic heterocycles. The number of carbonyl (C=O) groups is 2. The van der Waals surface area contributed by atoms with Crippen molar-refractivity contribution in [3.05, 3.63) is 16.0 Å². The van der Waals surface area contributed by atoms with Crippen molar-refractivity contribution < 1.29 is 9.59 Å². The molecule has 2 amide bonds. The normalized spacial score (nSPS) is 18.2. The van der Waals surface area contributed by atoms with Crippen molar-refractivity contribution in [3.63, 3.8) is 0 Å². The average molecular weight is 349 g/mol. The van der Waals surface area contributed by atoms with Gasteiger partial charge in [-0.2, -0.15) is 0 Å².